The molecule has 2 aromatic rings. The van der Waals surface area contributed by atoms with E-state index in [2.05, 4.69) is 20.0 Å². The van der Waals surface area contributed by atoms with E-state index in [1.165, 1.54) is 36.7 Å². The molecule has 0 aliphatic carbocycles. The Labute approximate surface area is 129 Å². The predicted molar refractivity (Wildman–Crippen MR) is 75.3 cm³/mol. The zero-order chi connectivity index (χ0) is 16.9. The van der Waals surface area contributed by atoms with Crippen molar-refractivity contribution in [1.29, 1.82) is 5.26 Å². The summed E-state index contributed by atoms with van der Waals surface area (Å²) in [6.07, 6.45) is -2.03. The molecule has 1 heterocycles. The standard InChI is InChI=1S/C14H12F3N5O/c15-14(16,17)23-11-3-1-10(2-4-11)12(6-19)22-13-20-7-9(5-18)8-21-13/h1-4,7-8,12H,6,19H2,(H,20,21,22). The Morgan fingerprint density at radius 3 is 2.30 bits per heavy atom. The van der Waals surface area contributed by atoms with Crippen molar-refractivity contribution in [3.63, 3.8) is 0 Å². The van der Waals surface area contributed by atoms with Gasteiger partial charge in [-0.15, -0.1) is 13.2 Å². The van der Waals surface area contributed by atoms with Gasteiger partial charge in [0.2, 0.25) is 5.95 Å². The lowest BCUT2D eigenvalue weighted by Crippen LogP contribution is -2.22. The number of anilines is 1. The van der Waals surface area contributed by atoms with Crippen LogP contribution in [-0.2, 0) is 0 Å². The van der Waals surface area contributed by atoms with E-state index in [0.717, 1.165) is 0 Å². The highest BCUT2D eigenvalue weighted by molar-refractivity contribution is 5.36. The molecule has 0 fully saturated rings. The zero-order valence-corrected chi connectivity index (χ0v) is 11.7. The Kier molecular flexibility index (Phi) is 4.98. The van der Waals surface area contributed by atoms with Crippen molar-refractivity contribution < 1.29 is 17.9 Å². The minimum absolute atomic E-state index is 0.169. The molecule has 0 bridgehead atoms. The van der Waals surface area contributed by atoms with Crippen molar-refractivity contribution in [1.82, 2.24) is 9.97 Å². The quantitative estimate of drug-likeness (QED) is 0.877. The summed E-state index contributed by atoms with van der Waals surface area (Å²) in [5.74, 6) is -0.0540. The maximum atomic E-state index is 12.1. The van der Waals surface area contributed by atoms with Crippen molar-refractivity contribution in [2.75, 3.05) is 11.9 Å². The van der Waals surface area contributed by atoms with E-state index in [-0.39, 0.29) is 18.2 Å². The van der Waals surface area contributed by atoms with E-state index < -0.39 is 12.4 Å². The van der Waals surface area contributed by atoms with Crippen LogP contribution in [0.25, 0.3) is 0 Å². The average Bonchev–Trinajstić information content (AvgIpc) is 2.52. The number of alkyl halides is 3. The van der Waals surface area contributed by atoms with Crippen LogP contribution in [0.5, 0.6) is 5.75 Å². The van der Waals surface area contributed by atoms with Gasteiger partial charge in [0.05, 0.1) is 24.0 Å². The number of hydrogen-bond acceptors (Lipinski definition) is 6. The van der Waals surface area contributed by atoms with Crippen LogP contribution >= 0.6 is 0 Å². The molecule has 0 saturated carbocycles. The van der Waals surface area contributed by atoms with E-state index in [1.54, 1.807) is 0 Å². The Morgan fingerprint density at radius 2 is 1.83 bits per heavy atom. The summed E-state index contributed by atoms with van der Waals surface area (Å²) in [6.45, 7) is 0.169. The van der Waals surface area contributed by atoms with Crippen molar-refractivity contribution in [2.24, 2.45) is 5.73 Å². The Balaban J connectivity index is 2.09. The Bertz CT molecular complexity index is 680. The van der Waals surface area contributed by atoms with Gasteiger partial charge in [0.25, 0.3) is 0 Å². The van der Waals surface area contributed by atoms with E-state index in [9.17, 15) is 13.2 Å². The molecule has 0 aliphatic heterocycles. The summed E-state index contributed by atoms with van der Waals surface area (Å²) >= 11 is 0. The number of rotatable bonds is 5. The Morgan fingerprint density at radius 1 is 1.22 bits per heavy atom. The molecule has 3 N–H and O–H groups in total. The molecule has 0 spiro atoms. The molecule has 1 aromatic carbocycles. The summed E-state index contributed by atoms with van der Waals surface area (Å²) in [5, 5.41) is 11.6. The lowest BCUT2D eigenvalue weighted by molar-refractivity contribution is -0.274. The van der Waals surface area contributed by atoms with E-state index in [0.29, 0.717) is 11.1 Å². The molecular formula is C14H12F3N5O. The third-order valence-electron chi connectivity index (χ3n) is 2.84. The molecule has 23 heavy (non-hydrogen) atoms. The number of benzene rings is 1. The van der Waals surface area contributed by atoms with E-state index in [1.807, 2.05) is 6.07 Å². The molecule has 2 rings (SSSR count). The molecule has 0 radical (unpaired) electrons. The first-order valence-corrected chi connectivity index (χ1v) is 6.45. The van der Waals surface area contributed by atoms with Crippen molar-refractivity contribution in [3.05, 3.63) is 47.8 Å². The highest BCUT2D eigenvalue weighted by Crippen LogP contribution is 2.25. The number of halogens is 3. The highest BCUT2D eigenvalue weighted by atomic mass is 19.4. The summed E-state index contributed by atoms with van der Waals surface area (Å²) in [7, 11) is 0. The van der Waals surface area contributed by atoms with Gasteiger partial charge in [-0.3, -0.25) is 0 Å². The average molecular weight is 323 g/mol. The lowest BCUT2D eigenvalue weighted by Gasteiger charge is -2.17. The molecule has 120 valence electrons. The van der Waals surface area contributed by atoms with Crippen molar-refractivity contribution >= 4 is 5.95 Å². The number of nitrogens with two attached hydrogens (primary N) is 1. The fourth-order valence-corrected chi connectivity index (χ4v) is 1.80. The topological polar surface area (TPSA) is 96.9 Å². The fourth-order valence-electron chi connectivity index (χ4n) is 1.80. The van der Waals surface area contributed by atoms with Gasteiger partial charge >= 0.3 is 6.36 Å². The second-order valence-electron chi connectivity index (χ2n) is 4.46. The molecule has 1 aromatic heterocycles. The fraction of sp³-hybridized carbons (Fsp3) is 0.214. The molecule has 9 heteroatoms. The first kappa shape index (κ1) is 16.5. The van der Waals surface area contributed by atoms with Crippen LogP contribution in [0.15, 0.2) is 36.7 Å². The number of nitrogens with one attached hydrogen (secondary N) is 1. The maximum absolute atomic E-state index is 12.1. The molecule has 1 unspecified atom stereocenters. The molecule has 0 amide bonds. The van der Waals surface area contributed by atoms with E-state index >= 15 is 0 Å². The number of ether oxygens (including phenoxy) is 1. The number of hydrogen-bond donors (Lipinski definition) is 2. The van der Waals surface area contributed by atoms with Gasteiger partial charge in [-0.1, -0.05) is 12.1 Å². The van der Waals surface area contributed by atoms with Crippen LogP contribution in [0.1, 0.15) is 17.2 Å². The van der Waals surface area contributed by atoms with Gasteiger partial charge in [-0.05, 0) is 17.7 Å². The van der Waals surface area contributed by atoms with Gasteiger partial charge in [0.15, 0.2) is 0 Å². The first-order chi connectivity index (χ1) is 10.9. The second-order valence-corrected chi connectivity index (χ2v) is 4.46. The number of aromatic nitrogens is 2. The molecule has 0 aliphatic rings. The van der Waals surface area contributed by atoms with E-state index in [4.69, 9.17) is 11.0 Å². The molecule has 6 nitrogen and oxygen atoms in total. The minimum Gasteiger partial charge on any atom is -0.406 e. The van der Waals surface area contributed by atoms with Crippen LogP contribution in [0.2, 0.25) is 0 Å². The second kappa shape index (κ2) is 6.93. The van der Waals surface area contributed by atoms with Crippen LogP contribution < -0.4 is 15.8 Å². The van der Waals surface area contributed by atoms with Gasteiger partial charge in [-0.2, -0.15) is 5.26 Å². The zero-order valence-electron chi connectivity index (χ0n) is 11.7. The monoisotopic (exact) mass is 323 g/mol. The SMILES string of the molecule is N#Cc1cnc(NC(CN)c2ccc(OC(F)(F)F)cc2)nc1. The Hall–Kier alpha value is -2.86. The smallest absolute Gasteiger partial charge is 0.406 e. The lowest BCUT2D eigenvalue weighted by atomic mass is 10.1. The number of nitrogens with zero attached hydrogens (tertiary/aromatic N) is 3. The largest absolute Gasteiger partial charge is 0.573 e. The molecule has 0 saturated heterocycles. The van der Waals surface area contributed by atoms with Crippen LogP contribution in [-0.4, -0.2) is 22.9 Å². The summed E-state index contributed by atoms with van der Waals surface area (Å²) < 4.78 is 40.2. The molecule has 1 atom stereocenters. The van der Waals surface area contributed by atoms with Crippen molar-refractivity contribution in [2.45, 2.75) is 12.4 Å². The van der Waals surface area contributed by atoms with Crippen molar-refractivity contribution in [3.8, 4) is 11.8 Å². The van der Waals surface area contributed by atoms with Crippen LogP contribution in [0.4, 0.5) is 19.1 Å². The summed E-state index contributed by atoms with van der Waals surface area (Å²) in [5.41, 5.74) is 6.63. The van der Waals surface area contributed by atoms with Gasteiger partial charge < -0.3 is 15.8 Å². The first-order valence-electron chi connectivity index (χ1n) is 6.45. The minimum atomic E-state index is -4.73. The summed E-state index contributed by atoms with van der Waals surface area (Å²) in [6, 6.07) is 6.83. The van der Waals surface area contributed by atoms with Gasteiger partial charge in [-0.25, -0.2) is 9.97 Å². The normalized spacial score (nSPS) is 12.3. The highest BCUT2D eigenvalue weighted by Gasteiger charge is 2.31. The van der Waals surface area contributed by atoms with Crippen LogP contribution in [0.3, 0.4) is 0 Å². The number of nitriles is 1. The summed E-state index contributed by atoms with van der Waals surface area (Å²) in [4.78, 5) is 7.91. The third-order valence-corrected chi connectivity index (χ3v) is 2.84. The maximum Gasteiger partial charge on any atom is 0.573 e. The van der Waals surface area contributed by atoms with Gasteiger partial charge in [0, 0.05) is 6.54 Å². The third kappa shape index (κ3) is 4.82. The van der Waals surface area contributed by atoms with Gasteiger partial charge in [0.1, 0.15) is 11.8 Å². The van der Waals surface area contributed by atoms with Crippen LogP contribution in [0, 0.1) is 11.3 Å². The molecular weight excluding hydrogens is 311 g/mol. The predicted octanol–water partition coefficient (Wildman–Crippen LogP) is 2.36.